The highest BCUT2D eigenvalue weighted by molar-refractivity contribution is 5.66. The lowest BCUT2D eigenvalue weighted by molar-refractivity contribution is -0.145. The summed E-state index contributed by atoms with van der Waals surface area (Å²) in [6, 6.07) is 0. The summed E-state index contributed by atoms with van der Waals surface area (Å²) in [5, 5.41) is 3.25. The van der Waals surface area contributed by atoms with Gasteiger partial charge >= 0.3 is 5.97 Å². The molecule has 0 heterocycles. The van der Waals surface area contributed by atoms with Gasteiger partial charge in [0.1, 0.15) is 6.10 Å². The molecule has 0 aliphatic carbocycles. The Kier molecular flexibility index (Phi) is 4.24. The minimum Gasteiger partial charge on any atom is -0.462 e. The third kappa shape index (κ3) is 7.54. The van der Waals surface area contributed by atoms with Crippen molar-refractivity contribution >= 4 is 5.97 Å². The van der Waals surface area contributed by atoms with Crippen LogP contribution >= 0.6 is 0 Å². The molecule has 1 unspecified atom stereocenters. The van der Waals surface area contributed by atoms with Crippen LogP contribution in [0.1, 0.15) is 34.6 Å². The van der Waals surface area contributed by atoms with Gasteiger partial charge in [-0.1, -0.05) is 0 Å². The molecule has 0 aromatic carbocycles. The molecule has 0 bridgehead atoms. The van der Waals surface area contributed by atoms with E-state index in [0.717, 1.165) is 0 Å². The summed E-state index contributed by atoms with van der Waals surface area (Å²) in [4.78, 5) is 10.5. The van der Waals surface area contributed by atoms with Crippen LogP contribution in [0.3, 0.4) is 0 Å². The van der Waals surface area contributed by atoms with E-state index in [9.17, 15) is 4.79 Å². The van der Waals surface area contributed by atoms with E-state index in [2.05, 4.69) is 26.1 Å². The topological polar surface area (TPSA) is 38.3 Å². The summed E-state index contributed by atoms with van der Waals surface area (Å²) in [5.41, 5.74) is 0.0778. The first-order chi connectivity index (χ1) is 5.31. The molecule has 1 N–H and O–H groups in total. The quantitative estimate of drug-likeness (QED) is 0.654. The van der Waals surface area contributed by atoms with Crippen molar-refractivity contribution in [2.45, 2.75) is 46.3 Å². The lowest BCUT2D eigenvalue weighted by Gasteiger charge is -2.23. The minimum atomic E-state index is -0.224. The molecule has 12 heavy (non-hydrogen) atoms. The van der Waals surface area contributed by atoms with Crippen LogP contribution in [0.15, 0.2) is 0 Å². The fourth-order valence-corrected chi connectivity index (χ4v) is 0.775. The van der Waals surface area contributed by atoms with Gasteiger partial charge in [0.25, 0.3) is 0 Å². The highest BCUT2D eigenvalue weighted by atomic mass is 16.5. The van der Waals surface area contributed by atoms with Crippen LogP contribution in [0.4, 0.5) is 0 Å². The first-order valence-corrected chi connectivity index (χ1v) is 4.23. The number of hydrogen-bond donors (Lipinski definition) is 1. The van der Waals surface area contributed by atoms with Crippen molar-refractivity contribution in [2.75, 3.05) is 6.54 Å². The lowest BCUT2D eigenvalue weighted by atomic mass is 10.1. The van der Waals surface area contributed by atoms with Gasteiger partial charge in [-0.2, -0.15) is 0 Å². The van der Waals surface area contributed by atoms with Crippen LogP contribution in [-0.4, -0.2) is 24.2 Å². The lowest BCUT2D eigenvalue weighted by Crippen LogP contribution is -2.41. The smallest absolute Gasteiger partial charge is 0.302 e. The third-order valence-electron chi connectivity index (χ3n) is 1.29. The van der Waals surface area contributed by atoms with Crippen molar-refractivity contribution in [2.24, 2.45) is 0 Å². The van der Waals surface area contributed by atoms with Crippen LogP contribution in [0, 0.1) is 0 Å². The monoisotopic (exact) mass is 173 g/mol. The van der Waals surface area contributed by atoms with Gasteiger partial charge in [0.05, 0.1) is 0 Å². The Balaban J connectivity index is 3.57. The number of esters is 1. The molecule has 72 valence electrons. The predicted octanol–water partition coefficient (Wildman–Crippen LogP) is 1.33. The number of ether oxygens (including phenoxy) is 1. The molecule has 0 aromatic heterocycles. The van der Waals surface area contributed by atoms with Crippen molar-refractivity contribution in [3.63, 3.8) is 0 Å². The molecule has 0 fully saturated rings. The van der Waals surface area contributed by atoms with Crippen LogP contribution in [-0.2, 0) is 9.53 Å². The zero-order chi connectivity index (χ0) is 9.78. The van der Waals surface area contributed by atoms with E-state index in [0.29, 0.717) is 6.54 Å². The van der Waals surface area contributed by atoms with Crippen LogP contribution in [0.5, 0.6) is 0 Å². The Bertz CT molecular complexity index is 149. The maximum absolute atomic E-state index is 10.5. The van der Waals surface area contributed by atoms with Crippen LogP contribution in [0.25, 0.3) is 0 Å². The second-order valence-electron chi connectivity index (χ2n) is 4.05. The Hall–Kier alpha value is -0.570. The van der Waals surface area contributed by atoms with Gasteiger partial charge in [-0.15, -0.1) is 0 Å². The summed E-state index contributed by atoms with van der Waals surface area (Å²) >= 11 is 0. The van der Waals surface area contributed by atoms with E-state index < -0.39 is 0 Å². The Morgan fingerprint density at radius 1 is 1.50 bits per heavy atom. The van der Waals surface area contributed by atoms with E-state index in [-0.39, 0.29) is 17.6 Å². The average Bonchev–Trinajstić information content (AvgIpc) is 1.80. The van der Waals surface area contributed by atoms with Gasteiger partial charge in [-0.3, -0.25) is 4.79 Å². The second kappa shape index (κ2) is 4.45. The molecular weight excluding hydrogens is 154 g/mol. The van der Waals surface area contributed by atoms with Crippen LogP contribution < -0.4 is 5.32 Å². The molecule has 3 nitrogen and oxygen atoms in total. The molecule has 0 aliphatic heterocycles. The van der Waals surface area contributed by atoms with Gasteiger partial charge in [0, 0.05) is 19.0 Å². The molecule has 0 saturated heterocycles. The molecular formula is C9H19NO2. The summed E-state index contributed by atoms with van der Waals surface area (Å²) in [6.45, 7) is 10.2. The molecule has 0 saturated carbocycles. The second-order valence-corrected chi connectivity index (χ2v) is 4.05. The molecule has 1 atom stereocenters. The molecule has 0 radical (unpaired) electrons. The Labute approximate surface area is 74.5 Å². The van der Waals surface area contributed by atoms with E-state index in [4.69, 9.17) is 4.74 Å². The molecule has 0 aromatic rings. The third-order valence-corrected chi connectivity index (χ3v) is 1.29. The number of carbonyl (C=O) groups is 1. The maximum atomic E-state index is 10.5. The van der Waals surface area contributed by atoms with Crippen molar-refractivity contribution in [3.8, 4) is 0 Å². The molecule has 0 amide bonds. The van der Waals surface area contributed by atoms with E-state index in [1.54, 1.807) is 0 Å². The van der Waals surface area contributed by atoms with E-state index >= 15 is 0 Å². The van der Waals surface area contributed by atoms with Crippen LogP contribution in [0.2, 0.25) is 0 Å². The van der Waals surface area contributed by atoms with Gasteiger partial charge in [-0.05, 0) is 27.7 Å². The normalized spacial score (nSPS) is 14.1. The highest BCUT2D eigenvalue weighted by Crippen LogP contribution is 1.99. The SMILES string of the molecule is CC(=O)OC(C)CNC(C)(C)C. The van der Waals surface area contributed by atoms with E-state index in [1.165, 1.54) is 6.92 Å². The fraction of sp³-hybridized carbons (Fsp3) is 0.889. The van der Waals surface area contributed by atoms with Crippen molar-refractivity contribution in [1.82, 2.24) is 5.32 Å². The largest absolute Gasteiger partial charge is 0.462 e. The van der Waals surface area contributed by atoms with E-state index in [1.807, 2.05) is 6.92 Å². The minimum absolute atomic E-state index is 0.0540. The van der Waals surface area contributed by atoms with Gasteiger partial charge < -0.3 is 10.1 Å². The molecule has 0 rings (SSSR count). The van der Waals surface area contributed by atoms with Crippen molar-refractivity contribution in [3.05, 3.63) is 0 Å². The molecule has 0 spiro atoms. The first kappa shape index (κ1) is 11.4. The molecule has 0 aliphatic rings. The van der Waals surface area contributed by atoms with Gasteiger partial charge in [-0.25, -0.2) is 0 Å². The summed E-state index contributed by atoms with van der Waals surface area (Å²) in [5.74, 6) is -0.224. The maximum Gasteiger partial charge on any atom is 0.302 e. The Morgan fingerprint density at radius 2 is 2.00 bits per heavy atom. The van der Waals surface area contributed by atoms with Crippen molar-refractivity contribution < 1.29 is 9.53 Å². The number of carbonyl (C=O) groups excluding carboxylic acids is 1. The highest BCUT2D eigenvalue weighted by Gasteiger charge is 2.11. The fourth-order valence-electron chi connectivity index (χ4n) is 0.775. The molecule has 3 heteroatoms. The van der Waals surface area contributed by atoms with Gasteiger partial charge in [0.2, 0.25) is 0 Å². The zero-order valence-corrected chi connectivity index (χ0v) is 8.60. The predicted molar refractivity (Wildman–Crippen MR) is 49.0 cm³/mol. The van der Waals surface area contributed by atoms with Gasteiger partial charge in [0.15, 0.2) is 0 Å². The number of hydrogen-bond acceptors (Lipinski definition) is 3. The summed E-state index contributed by atoms with van der Waals surface area (Å²) < 4.78 is 4.94. The number of nitrogens with one attached hydrogen (secondary N) is 1. The number of rotatable bonds is 3. The van der Waals surface area contributed by atoms with Crippen molar-refractivity contribution in [1.29, 1.82) is 0 Å². The average molecular weight is 173 g/mol. The first-order valence-electron chi connectivity index (χ1n) is 4.23. The standard InChI is InChI=1S/C9H19NO2/c1-7(12-8(2)11)6-10-9(3,4)5/h7,10H,6H2,1-5H3. The Morgan fingerprint density at radius 3 is 2.33 bits per heavy atom. The summed E-state index contributed by atoms with van der Waals surface area (Å²) in [6.07, 6.45) is -0.0540. The zero-order valence-electron chi connectivity index (χ0n) is 8.60. The summed E-state index contributed by atoms with van der Waals surface area (Å²) in [7, 11) is 0.